The van der Waals surface area contributed by atoms with Crippen molar-refractivity contribution in [1.29, 1.82) is 0 Å². The maximum absolute atomic E-state index is 2.48. The molecule has 0 unspecified atom stereocenters. The van der Waals surface area contributed by atoms with Crippen molar-refractivity contribution < 1.29 is 0 Å². The molecule has 0 atom stereocenters. The van der Waals surface area contributed by atoms with Gasteiger partial charge in [-0.15, -0.1) is 0 Å². The van der Waals surface area contributed by atoms with Crippen LogP contribution >= 0.6 is 0 Å². The number of hydrogen-bond acceptors (Lipinski definition) is 0. The molecule has 0 fully saturated rings. The number of nitrogens with zero attached hydrogens (tertiary/aromatic N) is 1. The van der Waals surface area contributed by atoms with E-state index in [1.165, 1.54) is 33.3 Å². The third kappa shape index (κ3) is 2.87. The molecule has 4 aromatic rings. The fourth-order valence-electron chi connectivity index (χ4n) is 3.75. The molecule has 1 nitrogen and oxygen atoms in total. The van der Waals surface area contributed by atoms with E-state index in [1.807, 2.05) is 0 Å². The van der Waals surface area contributed by atoms with Crippen LogP contribution in [0.2, 0.25) is 0 Å². The van der Waals surface area contributed by atoms with Gasteiger partial charge in [-0.25, -0.2) is 0 Å². The van der Waals surface area contributed by atoms with Gasteiger partial charge in [-0.05, 0) is 28.7 Å². The van der Waals surface area contributed by atoms with Gasteiger partial charge in [0.1, 0.15) is 0 Å². The first kappa shape index (κ1) is 15.7. The topological polar surface area (TPSA) is 4.93 Å². The number of rotatable bonds is 4. The molecule has 4 rings (SSSR count). The van der Waals surface area contributed by atoms with E-state index >= 15 is 0 Å². The van der Waals surface area contributed by atoms with Crippen LogP contribution in [0.25, 0.3) is 22.2 Å². The predicted octanol–water partition coefficient (Wildman–Crippen LogP) is 6.48. The van der Waals surface area contributed by atoms with Gasteiger partial charge in [-0.2, -0.15) is 0 Å². The van der Waals surface area contributed by atoms with Gasteiger partial charge in [0, 0.05) is 17.4 Å². The number of hydrogen-bond donors (Lipinski definition) is 0. The predicted molar refractivity (Wildman–Crippen MR) is 107 cm³/mol. The van der Waals surface area contributed by atoms with E-state index in [0.29, 0.717) is 5.92 Å². The van der Waals surface area contributed by atoms with Crippen molar-refractivity contribution in [2.24, 2.45) is 0 Å². The largest absolute Gasteiger partial charge is 0.336 e. The van der Waals surface area contributed by atoms with Crippen LogP contribution < -0.4 is 0 Å². The summed E-state index contributed by atoms with van der Waals surface area (Å²) in [7, 11) is 0. The molecule has 25 heavy (non-hydrogen) atoms. The normalized spacial score (nSPS) is 11.3. The van der Waals surface area contributed by atoms with Gasteiger partial charge in [0.05, 0.1) is 5.69 Å². The lowest BCUT2D eigenvalue weighted by Crippen LogP contribution is -2.03. The average Bonchev–Trinajstić information content (AvgIpc) is 2.98. The highest BCUT2D eigenvalue weighted by Crippen LogP contribution is 2.38. The highest BCUT2D eigenvalue weighted by molar-refractivity contribution is 5.92. The second-order valence-electron chi connectivity index (χ2n) is 6.87. The average molecular weight is 325 g/mol. The number of benzene rings is 3. The first-order chi connectivity index (χ1) is 12.3. The molecule has 0 saturated carbocycles. The van der Waals surface area contributed by atoms with Crippen molar-refractivity contribution in [3.8, 4) is 11.3 Å². The third-order valence-corrected chi connectivity index (χ3v) is 4.82. The van der Waals surface area contributed by atoms with Gasteiger partial charge in [-0.3, -0.25) is 0 Å². The molecule has 0 bridgehead atoms. The van der Waals surface area contributed by atoms with Crippen LogP contribution in [0.3, 0.4) is 0 Å². The Balaban J connectivity index is 2.02. The standard InChI is InChI=1S/C24H23N/c1-18(2)23-21-15-9-10-16-22(21)25(17-19-11-5-3-6-12-19)24(23)20-13-7-4-8-14-20/h3-16,18H,17H2,1-2H3. The molecule has 1 aromatic heterocycles. The maximum atomic E-state index is 2.48. The molecule has 1 heterocycles. The zero-order chi connectivity index (χ0) is 17.2. The molecule has 3 aromatic carbocycles. The van der Waals surface area contributed by atoms with Crippen LogP contribution in [0.15, 0.2) is 84.9 Å². The Hall–Kier alpha value is -2.80. The van der Waals surface area contributed by atoms with Gasteiger partial charge < -0.3 is 4.57 Å². The minimum absolute atomic E-state index is 0.470. The van der Waals surface area contributed by atoms with Gasteiger partial charge in [0.15, 0.2) is 0 Å². The lowest BCUT2D eigenvalue weighted by atomic mass is 9.96. The Labute approximate surface area is 149 Å². The highest BCUT2D eigenvalue weighted by atomic mass is 15.0. The second kappa shape index (κ2) is 6.60. The summed E-state index contributed by atoms with van der Waals surface area (Å²) in [5.41, 5.74) is 6.72. The van der Waals surface area contributed by atoms with Crippen molar-refractivity contribution in [2.75, 3.05) is 0 Å². The van der Waals surface area contributed by atoms with Gasteiger partial charge in [0.2, 0.25) is 0 Å². The molecule has 0 aliphatic heterocycles. The third-order valence-electron chi connectivity index (χ3n) is 4.82. The summed E-state index contributed by atoms with van der Waals surface area (Å²) < 4.78 is 2.48. The SMILES string of the molecule is CC(C)c1c(-c2ccccc2)n(Cc2ccccc2)c2ccccc12. The van der Waals surface area contributed by atoms with Crippen molar-refractivity contribution >= 4 is 10.9 Å². The molecular weight excluding hydrogens is 302 g/mol. The summed E-state index contributed by atoms with van der Waals surface area (Å²) in [5.74, 6) is 0.470. The Bertz CT molecular complexity index is 979. The van der Waals surface area contributed by atoms with Crippen LogP contribution in [0.1, 0.15) is 30.9 Å². The van der Waals surface area contributed by atoms with Gasteiger partial charge in [-0.1, -0.05) is 92.7 Å². The second-order valence-corrected chi connectivity index (χ2v) is 6.87. The fourth-order valence-corrected chi connectivity index (χ4v) is 3.75. The molecule has 0 aliphatic carbocycles. The zero-order valence-corrected chi connectivity index (χ0v) is 14.8. The molecule has 124 valence electrons. The van der Waals surface area contributed by atoms with Crippen LogP contribution in [0.5, 0.6) is 0 Å². The van der Waals surface area contributed by atoms with Crippen LogP contribution in [0.4, 0.5) is 0 Å². The summed E-state index contributed by atoms with van der Waals surface area (Å²) in [6, 6.07) is 30.3. The highest BCUT2D eigenvalue weighted by Gasteiger charge is 2.20. The molecule has 0 aliphatic rings. The number of para-hydroxylation sites is 1. The zero-order valence-electron chi connectivity index (χ0n) is 14.8. The van der Waals surface area contributed by atoms with E-state index < -0.39 is 0 Å². The van der Waals surface area contributed by atoms with E-state index in [0.717, 1.165) is 6.54 Å². The van der Waals surface area contributed by atoms with Gasteiger partial charge >= 0.3 is 0 Å². The lowest BCUT2D eigenvalue weighted by Gasteiger charge is -2.14. The molecule has 0 amide bonds. The Morgan fingerprint density at radius 3 is 2.00 bits per heavy atom. The van der Waals surface area contributed by atoms with Crippen molar-refractivity contribution in [3.63, 3.8) is 0 Å². The molecule has 0 saturated heterocycles. The van der Waals surface area contributed by atoms with Crippen LogP contribution in [-0.4, -0.2) is 4.57 Å². The Morgan fingerprint density at radius 1 is 0.720 bits per heavy atom. The van der Waals surface area contributed by atoms with E-state index in [2.05, 4.69) is 103 Å². The molecule has 0 radical (unpaired) electrons. The van der Waals surface area contributed by atoms with Crippen molar-refractivity contribution in [1.82, 2.24) is 4.57 Å². The summed E-state index contributed by atoms with van der Waals surface area (Å²) in [5, 5.41) is 1.37. The van der Waals surface area contributed by atoms with E-state index in [-0.39, 0.29) is 0 Å². The van der Waals surface area contributed by atoms with Crippen molar-refractivity contribution in [3.05, 3.63) is 96.1 Å². The van der Waals surface area contributed by atoms with Gasteiger partial charge in [0.25, 0.3) is 0 Å². The first-order valence-corrected chi connectivity index (χ1v) is 8.96. The molecular formula is C24H23N. The maximum Gasteiger partial charge on any atom is 0.0529 e. The molecule has 1 heteroatoms. The summed E-state index contributed by atoms with van der Waals surface area (Å²) in [6.45, 7) is 5.47. The van der Waals surface area contributed by atoms with E-state index in [9.17, 15) is 0 Å². The summed E-state index contributed by atoms with van der Waals surface area (Å²) >= 11 is 0. The summed E-state index contributed by atoms with van der Waals surface area (Å²) in [4.78, 5) is 0. The quantitative estimate of drug-likeness (QED) is 0.404. The van der Waals surface area contributed by atoms with E-state index in [1.54, 1.807) is 0 Å². The van der Waals surface area contributed by atoms with Crippen molar-refractivity contribution in [2.45, 2.75) is 26.3 Å². The lowest BCUT2D eigenvalue weighted by molar-refractivity contribution is 0.819. The number of fused-ring (bicyclic) bond motifs is 1. The fraction of sp³-hybridized carbons (Fsp3) is 0.167. The van der Waals surface area contributed by atoms with Crippen LogP contribution in [-0.2, 0) is 6.54 Å². The monoisotopic (exact) mass is 325 g/mol. The smallest absolute Gasteiger partial charge is 0.0529 e. The number of aromatic nitrogens is 1. The minimum atomic E-state index is 0.470. The molecule has 0 N–H and O–H groups in total. The Kier molecular flexibility index (Phi) is 4.15. The minimum Gasteiger partial charge on any atom is -0.336 e. The van der Waals surface area contributed by atoms with Crippen LogP contribution in [0, 0.1) is 0 Å². The Morgan fingerprint density at radius 2 is 1.32 bits per heavy atom. The van der Waals surface area contributed by atoms with E-state index in [4.69, 9.17) is 0 Å². The molecule has 0 spiro atoms. The summed E-state index contributed by atoms with van der Waals surface area (Å²) in [6.07, 6.45) is 0. The first-order valence-electron chi connectivity index (χ1n) is 8.96.